The summed E-state index contributed by atoms with van der Waals surface area (Å²) < 4.78 is 33.9. The van der Waals surface area contributed by atoms with Gasteiger partial charge in [0.25, 0.3) is 10.2 Å². The highest BCUT2D eigenvalue weighted by Crippen LogP contribution is 2.23. The topological polar surface area (TPSA) is 62.7 Å². The highest BCUT2D eigenvalue weighted by Gasteiger charge is 2.37. The highest BCUT2D eigenvalue weighted by molar-refractivity contribution is 7.86. The number of pyridine rings is 1. The number of rotatable bonds is 4. The molecule has 21 heavy (non-hydrogen) atoms. The van der Waals surface area contributed by atoms with Crippen LogP contribution in [0.5, 0.6) is 5.88 Å². The van der Waals surface area contributed by atoms with Crippen LogP contribution in [0.2, 0.25) is 0 Å². The molecule has 1 aromatic rings. The molecule has 2 aliphatic rings. The number of nitrogens with zero attached hydrogens (tertiary/aromatic N) is 3. The van der Waals surface area contributed by atoms with Gasteiger partial charge in [0.1, 0.15) is 6.10 Å². The van der Waals surface area contributed by atoms with E-state index in [1.165, 1.54) is 0 Å². The Balaban J connectivity index is 1.62. The van der Waals surface area contributed by atoms with Crippen LogP contribution in [0.25, 0.3) is 0 Å². The first kappa shape index (κ1) is 14.7. The fourth-order valence-electron chi connectivity index (χ4n) is 2.84. The van der Waals surface area contributed by atoms with Crippen molar-refractivity contribution in [1.29, 1.82) is 0 Å². The molecular weight excluding hydrogens is 290 g/mol. The Hall–Kier alpha value is -1.18. The van der Waals surface area contributed by atoms with Crippen LogP contribution in [0.15, 0.2) is 18.2 Å². The third-order valence-corrected chi connectivity index (χ3v) is 5.98. The maximum absolute atomic E-state index is 12.5. The molecule has 7 heteroatoms. The van der Waals surface area contributed by atoms with Gasteiger partial charge in [-0.05, 0) is 32.3 Å². The van der Waals surface area contributed by atoms with Gasteiger partial charge in [-0.3, -0.25) is 0 Å². The summed E-state index contributed by atoms with van der Waals surface area (Å²) in [7, 11) is -3.31. The molecule has 116 valence electrons. The second kappa shape index (κ2) is 5.90. The van der Waals surface area contributed by atoms with Gasteiger partial charge < -0.3 is 4.74 Å². The lowest BCUT2D eigenvalue weighted by molar-refractivity contribution is 0.205. The van der Waals surface area contributed by atoms with Gasteiger partial charge in [0.05, 0.1) is 6.54 Å². The number of aromatic nitrogens is 1. The number of hydrogen-bond acceptors (Lipinski definition) is 4. The third kappa shape index (κ3) is 3.20. The minimum absolute atomic E-state index is 0.114. The summed E-state index contributed by atoms with van der Waals surface area (Å²) in [5.41, 5.74) is 0.895. The molecule has 3 heterocycles. The summed E-state index contributed by atoms with van der Waals surface area (Å²) in [4.78, 5) is 4.30. The molecule has 6 nitrogen and oxygen atoms in total. The molecule has 1 unspecified atom stereocenters. The molecule has 0 amide bonds. The Bertz CT molecular complexity index is 599. The van der Waals surface area contributed by atoms with Crippen molar-refractivity contribution in [2.75, 3.05) is 26.2 Å². The second-order valence-electron chi connectivity index (χ2n) is 5.62. The van der Waals surface area contributed by atoms with E-state index in [1.807, 2.05) is 25.1 Å². The molecule has 0 radical (unpaired) electrons. The molecule has 0 bridgehead atoms. The van der Waals surface area contributed by atoms with E-state index in [4.69, 9.17) is 4.74 Å². The normalized spacial score (nSPS) is 24.5. The molecule has 2 saturated heterocycles. The Labute approximate surface area is 125 Å². The van der Waals surface area contributed by atoms with Crippen molar-refractivity contribution in [1.82, 2.24) is 13.6 Å². The largest absolute Gasteiger partial charge is 0.473 e. The van der Waals surface area contributed by atoms with Crippen LogP contribution < -0.4 is 4.74 Å². The van der Waals surface area contributed by atoms with E-state index in [9.17, 15) is 8.42 Å². The van der Waals surface area contributed by atoms with Gasteiger partial charge in [-0.2, -0.15) is 17.0 Å². The first-order valence-electron chi connectivity index (χ1n) is 7.41. The molecule has 0 N–H and O–H groups in total. The van der Waals surface area contributed by atoms with Crippen LogP contribution in [-0.4, -0.2) is 54.3 Å². The van der Waals surface area contributed by atoms with E-state index in [-0.39, 0.29) is 6.10 Å². The SMILES string of the molecule is Cc1cccc(OC2CCN(S(=O)(=O)N3CCCC3)C2)n1. The van der Waals surface area contributed by atoms with E-state index in [0.29, 0.717) is 38.5 Å². The van der Waals surface area contributed by atoms with Gasteiger partial charge in [-0.25, -0.2) is 4.98 Å². The number of ether oxygens (including phenoxy) is 1. The van der Waals surface area contributed by atoms with Crippen molar-refractivity contribution in [2.24, 2.45) is 0 Å². The van der Waals surface area contributed by atoms with Gasteiger partial charge in [0.2, 0.25) is 5.88 Å². The van der Waals surface area contributed by atoms with Crippen LogP contribution in [0.4, 0.5) is 0 Å². The molecule has 0 aliphatic carbocycles. The number of aryl methyl sites for hydroxylation is 1. The lowest BCUT2D eigenvalue weighted by Gasteiger charge is -2.23. The minimum atomic E-state index is -3.31. The lowest BCUT2D eigenvalue weighted by Crippen LogP contribution is -2.41. The van der Waals surface area contributed by atoms with Crippen molar-refractivity contribution < 1.29 is 13.2 Å². The summed E-state index contributed by atoms with van der Waals surface area (Å²) in [5, 5.41) is 0. The van der Waals surface area contributed by atoms with E-state index in [0.717, 1.165) is 18.5 Å². The summed E-state index contributed by atoms with van der Waals surface area (Å²) >= 11 is 0. The second-order valence-corrected chi connectivity index (χ2v) is 7.55. The molecule has 2 fully saturated rings. The van der Waals surface area contributed by atoms with E-state index < -0.39 is 10.2 Å². The quantitative estimate of drug-likeness (QED) is 0.838. The number of hydrogen-bond donors (Lipinski definition) is 0. The molecular formula is C14H21N3O3S. The van der Waals surface area contributed by atoms with Gasteiger partial charge in [-0.15, -0.1) is 0 Å². The minimum Gasteiger partial charge on any atom is -0.473 e. The molecule has 3 rings (SSSR count). The Morgan fingerprint density at radius 1 is 1.19 bits per heavy atom. The van der Waals surface area contributed by atoms with Crippen LogP contribution >= 0.6 is 0 Å². The van der Waals surface area contributed by atoms with Gasteiger partial charge in [-0.1, -0.05) is 6.07 Å². The Morgan fingerprint density at radius 2 is 1.95 bits per heavy atom. The zero-order valence-corrected chi connectivity index (χ0v) is 13.1. The summed E-state index contributed by atoms with van der Waals surface area (Å²) in [6.45, 7) is 4.13. The predicted octanol–water partition coefficient (Wildman–Crippen LogP) is 1.18. The average Bonchev–Trinajstić information content (AvgIpc) is 3.10. The van der Waals surface area contributed by atoms with Gasteiger partial charge in [0.15, 0.2) is 0 Å². The average molecular weight is 311 g/mol. The lowest BCUT2D eigenvalue weighted by atomic mass is 10.3. The van der Waals surface area contributed by atoms with Gasteiger partial charge >= 0.3 is 0 Å². The molecule has 0 saturated carbocycles. The molecule has 1 aromatic heterocycles. The smallest absolute Gasteiger partial charge is 0.282 e. The standard InChI is InChI=1S/C14H21N3O3S/c1-12-5-4-6-14(15-12)20-13-7-10-17(11-13)21(18,19)16-8-2-3-9-16/h4-6,13H,2-3,7-11H2,1H3. The molecule has 0 spiro atoms. The first-order chi connectivity index (χ1) is 10.1. The maximum Gasteiger partial charge on any atom is 0.282 e. The van der Waals surface area contributed by atoms with E-state index in [1.54, 1.807) is 8.61 Å². The fraction of sp³-hybridized carbons (Fsp3) is 0.643. The van der Waals surface area contributed by atoms with Crippen LogP contribution in [0.3, 0.4) is 0 Å². The van der Waals surface area contributed by atoms with Crippen molar-refractivity contribution >= 4 is 10.2 Å². The van der Waals surface area contributed by atoms with E-state index >= 15 is 0 Å². The summed E-state index contributed by atoms with van der Waals surface area (Å²) in [5.74, 6) is 0.570. The van der Waals surface area contributed by atoms with Gasteiger partial charge in [0, 0.05) is 31.4 Å². The molecule has 2 aliphatic heterocycles. The summed E-state index contributed by atoms with van der Waals surface area (Å²) in [6.07, 6.45) is 2.51. The van der Waals surface area contributed by atoms with Crippen LogP contribution in [0, 0.1) is 6.92 Å². The predicted molar refractivity (Wildman–Crippen MR) is 79.3 cm³/mol. The van der Waals surface area contributed by atoms with Crippen molar-refractivity contribution in [3.63, 3.8) is 0 Å². The van der Waals surface area contributed by atoms with Crippen LogP contribution in [-0.2, 0) is 10.2 Å². The van der Waals surface area contributed by atoms with Crippen molar-refractivity contribution in [3.05, 3.63) is 23.9 Å². The highest BCUT2D eigenvalue weighted by atomic mass is 32.2. The first-order valence-corrected chi connectivity index (χ1v) is 8.81. The molecule has 0 aromatic carbocycles. The van der Waals surface area contributed by atoms with E-state index in [2.05, 4.69) is 4.98 Å². The zero-order chi connectivity index (χ0) is 14.9. The Kier molecular flexibility index (Phi) is 4.14. The monoisotopic (exact) mass is 311 g/mol. The van der Waals surface area contributed by atoms with Crippen molar-refractivity contribution in [3.8, 4) is 5.88 Å². The summed E-state index contributed by atoms with van der Waals surface area (Å²) in [6, 6.07) is 5.61. The maximum atomic E-state index is 12.5. The van der Waals surface area contributed by atoms with Crippen molar-refractivity contribution in [2.45, 2.75) is 32.3 Å². The zero-order valence-electron chi connectivity index (χ0n) is 12.2. The third-order valence-electron chi connectivity index (χ3n) is 3.98. The Morgan fingerprint density at radius 3 is 2.67 bits per heavy atom. The fourth-order valence-corrected chi connectivity index (χ4v) is 4.58. The molecule has 1 atom stereocenters. The van der Waals surface area contributed by atoms with Crippen LogP contribution in [0.1, 0.15) is 25.0 Å².